The normalized spacial score (nSPS) is 10.9. The van der Waals surface area contributed by atoms with E-state index in [1.165, 1.54) is 12.1 Å². The van der Waals surface area contributed by atoms with Gasteiger partial charge in [0.15, 0.2) is 5.82 Å². The number of aromatic nitrogens is 5. The maximum atomic E-state index is 14.4. The van der Waals surface area contributed by atoms with Crippen LogP contribution in [-0.2, 0) is 6.54 Å². The molecule has 1 N–H and O–H groups in total. The van der Waals surface area contributed by atoms with Gasteiger partial charge in [-0.1, -0.05) is 12.1 Å². The smallest absolute Gasteiger partial charge is 0.182 e. The van der Waals surface area contributed by atoms with Crippen molar-refractivity contribution in [3.8, 4) is 22.6 Å². The summed E-state index contributed by atoms with van der Waals surface area (Å²) in [6.07, 6.45) is 6.44. The molecule has 0 bridgehead atoms. The summed E-state index contributed by atoms with van der Waals surface area (Å²) < 4.78 is 27.7. The van der Waals surface area contributed by atoms with Gasteiger partial charge in [0.2, 0.25) is 0 Å². The number of halogens is 2. The predicted molar refractivity (Wildman–Crippen MR) is 117 cm³/mol. The minimum absolute atomic E-state index is 0.288. The highest BCUT2D eigenvalue weighted by atomic mass is 19.1. The second kappa shape index (κ2) is 8.43. The van der Waals surface area contributed by atoms with Gasteiger partial charge in [-0.15, -0.1) is 0 Å². The average Bonchev–Trinajstić information content (AvgIpc) is 2.83. The van der Waals surface area contributed by atoms with Gasteiger partial charge in [0.1, 0.15) is 23.1 Å². The Morgan fingerprint density at radius 2 is 1.78 bits per heavy atom. The van der Waals surface area contributed by atoms with Gasteiger partial charge in [0.05, 0.1) is 24.0 Å². The highest BCUT2D eigenvalue weighted by molar-refractivity contribution is 5.93. The highest BCUT2D eigenvalue weighted by Gasteiger charge is 2.13. The molecule has 8 heteroatoms. The van der Waals surface area contributed by atoms with Crippen LogP contribution in [-0.4, -0.2) is 24.9 Å². The predicted octanol–water partition coefficient (Wildman–Crippen LogP) is 5.04. The summed E-state index contributed by atoms with van der Waals surface area (Å²) in [7, 11) is 0. The van der Waals surface area contributed by atoms with E-state index in [-0.39, 0.29) is 5.56 Å². The fourth-order valence-corrected chi connectivity index (χ4v) is 3.36. The molecule has 0 saturated heterocycles. The maximum Gasteiger partial charge on any atom is 0.182 e. The molecule has 0 fully saturated rings. The molecule has 0 aliphatic rings. The van der Waals surface area contributed by atoms with Crippen molar-refractivity contribution in [1.82, 2.24) is 24.9 Å². The van der Waals surface area contributed by atoms with Crippen molar-refractivity contribution in [2.24, 2.45) is 0 Å². The number of anilines is 1. The zero-order valence-electron chi connectivity index (χ0n) is 16.7. The Bertz CT molecular complexity index is 1390. The summed E-state index contributed by atoms with van der Waals surface area (Å²) in [5.74, 6) is -0.292. The lowest BCUT2D eigenvalue weighted by atomic mass is 10.0. The van der Waals surface area contributed by atoms with Crippen LogP contribution in [0, 0.1) is 11.6 Å². The number of hydrogen-bond acceptors (Lipinski definition) is 6. The summed E-state index contributed by atoms with van der Waals surface area (Å²) in [6.45, 7) is 0.460. The molecule has 156 valence electrons. The zero-order chi connectivity index (χ0) is 21.9. The Morgan fingerprint density at radius 1 is 0.844 bits per heavy atom. The van der Waals surface area contributed by atoms with Crippen LogP contribution in [0.3, 0.4) is 0 Å². The van der Waals surface area contributed by atoms with Gasteiger partial charge in [0.25, 0.3) is 0 Å². The molecule has 5 aromatic rings. The lowest BCUT2D eigenvalue weighted by molar-refractivity contribution is 0.585. The summed E-state index contributed by atoms with van der Waals surface area (Å²) in [4.78, 5) is 22.0. The Kier molecular flexibility index (Phi) is 5.17. The van der Waals surface area contributed by atoms with E-state index in [9.17, 15) is 8.78 Å². The maximum absolute atomic E-state index is 14.4. The minimum Gasteiger partial charge on any atom is -0.364 e. The molecule has 5 rings (SSSR count). The van der Waals surface area contributed by atoms with Crippen molar-refractivity contribution < 1.29 is 8.78 Å². The zero-order valence-corrected chi connectivity index (χ0v) is 16.7. The molecular formula is C24H16F2N6. The minimum atomic E-state index is -0.638. The van der Waals surface area contributed by atoms with E-state index in [1.807, 2.05) is 24.3 Å². The van der Waals surface area contributed by atoms with Crippen LogP contribution in [0.15, 0.2) is 79.4 Å². The number of benzene rings is 2. The van der Waals surface area contributed by atoms with Crippen molar-refractivity contribution in [3.05, 3.63) is 96.7 Å². The van der Waals surface area contributed by atoms with Crippen molar-refractivity contribution in [1.29, 1.82) is 0 Å². The van der Waals surface area contributed by atoms with Crippen LogP contribution in [0.2, 0.25) is 0 Å². The molecule has 2 aromatic carbocycles. The van der Waals surface area contributed by atoms with Crippen LogP contribution < -0.4 is 5.32 Å². The van der Waals surface area contributed by atoms with Gasteiger partial charge in [-0.05, 0) is 42.0 Å². The largest absolute Gasteiger partial charge is 0.364 e. The van der Waals surface area contributed by atoms with Crippen molar-refractivity contribution >= 4 is 16.7 Å². The molecule has 3 heterocycles. The topological polar surface area (TPSA) is 76.5 Å². The molecule has 0 saturated carbocycles. The number of rotatable bonds is 5. The number of nitrogens with zero attached hydrogens (tertiary/aromatic N) is 5. The van der Waals surface area contributed by atoms with E-state index in [4.69, 9.17) is 0 Å². The Hall–Kier alpha value is -4.33. The second-order valence-corrected chi connectivity index (χ2v) is 7.02. The standard InChI is InChI=1S/C24H16F2N6/c25-16-5-7-18(20(26)12-16)15-4-6-19-21(11-15)31-24(22-14-27-9-10-29-22)32-23(19)30-13-17-3-1-2-8-28-17/h1-12,14H,13H2,(H,30,31,32). The third kappa shape index (κ3) is 3.98. The van der Waals surface area contributed by atoms with E-state index in [0.717, 1.165) is 17.1 Å². The van der Waals surface area contributed by atoms with Crippen LogP contribution in [0.4, 0.5) is 14.6 Å². The molecule has 6 nitrogen and oxygen atoms in total. The van der Waals surface area contributed by atoms with E-state index >= 15 is 0 Å². The van der Waals surface area contributed by atoms with Crippen LogP contribution in [0.1, 0.15) is 5.69 Å². The second-order valence-electron chi connectivity index (χ2n) is 7.02. The lowest BCUT2D eigenvalue weighted by Crippen LogP contribution is -2.06. The summed E-state index contributed by atoms with van der Waals surface area (Å²) >= 11 is 0. The first-order chi connectivity index (χ1) is 15.7. The first kappa shape index (κ1) is 19.6. The molecule has 3 aromatic heterocycles. The Labute approximate surface area is 182 Å². The average molecular weight is 426 g/mol. The fourth-order valence-electron chi connectivity index (χ4n) is 3.36. The third-order valence-corrected chi connectivity index (χ3v) is 4.89. The summed E-state index contributed by atoms with van der Waals surface area (Å²) in [5, 5.41) is 4.06. The van der Waals surface area contributed by atoms with Crippen molar-refractivity contribution in [2.75, 3.05) is 5.32 Å². The first-order valence-electron chi connectivity index (χ1n) is 9.85. The van der Waals surface area contributed by atoms with E-state index in [0.29, 0.717) is 35.0 Å². The van der Waals surface area contributed by atoms with Gasteiger partial charge in [0, 0.05) is 35.6 Å². The molecule has 0 aliphatic heterocycles. The first-order valence-corrected chi connectivity index (χ1v) is 9.85. The molecule has 0 spiro atoms. The number of pyridine rings is 1. The Morgan fingerprint density at radius 3 is 2.56 bits per heavy atom. The van der Waals surface area contributed by atoms with Gasteiger partial charge in [-0.3, -0.25) is 9.97 Å². The highest BCUT2D eigenvalue weighted by Crippen LogP contribution is 2.30. The number of nitrogens with one attached hydrogen (secondary N) is 1. The number of fused-ring (bicyclic) bond motifs is 1. The van der Waals surface area contributed by atoms with Crippen molar-refractivity contribution in [2.45, 2.75) is 6.54 Å². The quantitative estimate of drug-likeness (QED) is 0.424. The molecule has 32 heavy (non-hydrogen) atoms. The van der Waals surface area contributed by atoms with Crippen molar-refractivity contribution in [3.63, 3.8) is 0 Å². The van der Waals surface area contributed by atoms with E-state index < -0.39 is 11.6 Å². The van der Waals surface area contributed by atoms with Gasteiger partial charge in [-0.2, -0.15) is 0 Å². The van der Waals surface area contributed by atoms with Crippen LogP contribution in [0.5, 0.6) is 0 Å². The summed E-state index contributed by atoms with van der Waals surface area (Å²) in [5.41, 5.74) is 2.81. The Balaban J connectivity index is 1.62. The lowest BCUT2D eigenvalue weighted by Gasteiger charge is -2.12. The van der Waals surface area contributed by atoms with Crippen LogP contribution in [0.25, 0.3) is 33.5 Å². The molecule has 0 atom stereocenters. The molecule has 0 amide bonds. The number of hydrogen-bond donors (Lipinski definition) is 1. The molecule has 0 radical (unpaired) electrons. The summed E-state index contributed by atoms with van der Waals surface area (Å²) in [6, 6.07) is 14.5. The van der Waals surface area contributed by atoms with Crippen LogP contribution >= 0.6 is 0 Å². The SMILES string of the molecule is Fc1ccc(-c2ccc3c(NCc4ccccn4)nc(-c4cnccn4)nc3c2)c(F)c1. The fraction of sp³-hybridized carbons (Fsp3) is 0.0417. The van der Waals surface area contributed by atoms with Gasteiger partial charge in [-0.25, -0.2) is 23.7 Å². The van der Waals surface area contributed by atoms with E-state index in [2.05, 4.69) is 30.2 Å². The third-order valence-electron chi connectivity index (χ3n) is 4.89. The monoisotopic (exact) mass is 426 g/mol. The van der Waals surface area contributed by atoms with Gasteiger partial charge < -0.3 is 5.32 Å². The molecular weight excluding hydrogens is 410 g/mol. The van der Waals surface area contributed by atoms with Gasteiger partial charge >= 0.3 is 0 Å². The molecule has 0 unspecified atom stereocenters. The van der Waals surface area contributed by atoms with E-state index in [1.54, 1.807) is 36.9 Å². The molecule has 0 aliphatic carbocycles.